The van der Waals surface area contributed by atoms with E-state index in [9.17, 15) is 4.79 Å². The average Bonchev–Trinajstić information content (AvgIpc) is 1.81. The first-order valence-electron chi connectivity index (χ1n) is 4.52. The van der Waals surface area contributed by atoms with Gasteiger partial charge in [-0.2, -0.15) is 0 Å². The van der Waals surface area contributed by atoms with Crippen molar-refractivity contribution in [3.8, 4) is 0 Å². The van der Waals surface area contributed by atoms with Gasteiger partial charge in [0.25, 0.3) is 0 Å². The third-order valence-corrected chi connectivity index (χ3v) is 1.29. The number of carbonyl (C=O) groups is 1. The third kappa shape index (κ3) is 12.0. The minimum Gasteiger partial charge on any atom is -0.483 e. The molecule has 0 radical (unpaired) electrons. The molecule has 0 aromatic carbocycles. The van der Waals surface area contributed by atoms with Gasteiger partial charge in [0.1, 0.15) is 5.60 Å². The normalized spacial score (nSPS) is 10.7. The molecule has 0 atom stereocenters. The summed E-state index contributed by atoms with van der Waals surface area (Å²) in [6.07, 6.45) is 2.33. The van der Waals surface area contributed by atoms with E-state index in [0.29, 0.717) is 0 Å². The van der Waals surface area contributed by atoms with E-state index in [1.807, 2.05) is 39.8 Å². The SMILES string of the molecule is CN(C)CC[CH-]C(=O)OC(C)(C)C.[W]. The Balaban J connectivity index is 0. The second-order valence-electron chi connectivity index (χ2n) is 4.33. The van der Waals surface area contributed by atoms with Crippen LogP contribution in [0.1, 0.15) is 27.2 Å². The molecule has 0 aliphatic carbocycles. The first kappa shape index (κ1) is 16.4. The Morgan fingerprint density at radius 3 is 2.21 bits per heavy atom. The molecule has 0 aliphatic rings. The van der Waals surface area contributed by atoms with Gasteiger partial charge in [-0.1, -0.05) is 0 Å². The molecule has 3 nitrogen and oxygen atoms in total. The Labute approximate surface area is 101 Å². The summed E-state index contributed by atoms with van der Waals surface area (Å²) in [6, 6.07) is 0. The molecule has 0 N–H and O–H groups in total. The zero-order valence-corrected chi connectivity index (χ0v) is 12.6. The molecule has 14 heavy (non-hydrogen) atoms. The van der Waals surface area contributed by atoms with Crippen LogP contribution in [0, 0.1) is 6.42 Å². The first-order valence-corrected chi connectivity index (χ1v) is 4.52. The van der Waals surface area contributed by atoms with Crippen LogP contribution in [0.4, 0.5) is 0 Å². The van der Waals surface area contributed by atoms with Crippen LogP contribution >= 0.6 is 0 Å². The number of carbonyl (C=O) groups excluding carboxylic acids is 1. The Hall–Kier alpha value is -0.0117. The maximum absolute atomic E-state index is 11.1. The molecule has 0 heterocycles. The molecular weight excluding hydrogens is 350 g/mol. The van der Waals surface area contributed by atoms with Crippen LogP contribution in [0.2, 0.25) is 0 Å². The van der Waals surface area contributed by atoms with Gasteiger partial charge >= 0.3 is 0 Å². The monoisotopic (exact) mass is 370 g/mol. The van der Waals surface area contributed by atoms with Crippen molar-refractivity contribution in [2.24, 2.45) is 0 Å². The third-order valence-electron chi connectivity index (χ3n) is 1.29. The Morgan fingerprint density at radius 2 is 1.86 bits per heavy atom. The van der Waals surface area contributed by atoms with E-state index >= 15 is 0 Å². The van der Waals surface area contributed by atoms with Crippen molar-refractivity contribution in [3.05, 3.63) is 6.42 Å². The van der Waals surface area contributed by atoms with Gasteiger partial charge in [-0.05, 0) is 41.4 Å². The molecule has 0 fully saturated rings. The van der Waals surface area contributed by atoms with Crippen molar-refractivity contribution < 1.29 is 30.6 Å². The first-order chi connectivity index (χ1) is 5.81. The van der Waals surface area contributed by atoms with E-state index in [1.54, 1.807) is 6.42 Å². The molecule has 0 saturated heterocycles. The van der Waals surface area contributed by atoms with Gasteiger partial charge in [0.2, 0.25) is 0 Å². The van der Waals surface area contributed by atoms with Crippen LogP contribution in [0.25, 0.3) is 0 Å². The summed E-state index contributed by atoms with van der Waals surface area (Å²) in [4.78, 5) is 13.2. The van der Waals surface area contributed by atoms with Gasteiger partial charge < -0.3 is 9.64 Å². The Kier molecular flexibility index (Phi) is 8.56. The van der Waals surface area contributed by atoms with E-state index in [-0.39, 0.29) is 32.6 Å². The van der Waals surface area contributed by atoms with Gasteiger partial charge in [-0.3, -0.25) is 11.2 Å². The van der Waals surface area contributed by atoms with Gasteiger partial charge in [-0.15, -0.1) is 6.42 Å². The largest absolute Gasteiger partial charge is 0.483 e. The van der Waals surface area contributed by atoms with Gasteiger partial charge in [0, 0.05) is 21.1 Å². The summed E-state index contributed by atoms with van der Waals surface area (Å²) in [7, 11) is 3.95. The number of ether oxygens (including phenoxy) is 1. The number of nitrogens with zero attached hydrogens (tertiary/aromatic N) is 1. The predicted molar refractivity (Wildman–Crippen MR) is 53.3 cm³/mol. The average molecular weight is 370 g/mol. The van der Waals surface area contributed by atoms with E-state index < -0.39 is 0 Å². The smallest absolute Gasteiger partial charge is 0.167 e. The molecule has 0 unspecified atom stereocenters. The number of esters is 1. The molecule has 0 aliphatic heterocycles. The second kappa shape index (κ2) is 7.30. The summed E-state index contributed by atoms with van der Waals surface area (Å²) in [5, 5.41) is 0. The van der Waals surface area contributed by atoms with Gasteiger partial charge in [0.15, 0.2) is 5.97 Å². The quantitative estimate of drug-likeness (QED) is 0.555. The minimum atomic E-state index is -0.383. The van der Waals surface area contributed by atoms with Crippen molar-refractivity contribution in [2.45, 2.75) is 32.8 Å². The standard InChI is InChI=1S/C10H20NO2.W/c1-10(2,3)13-9(12)7-6-8-11(4)5;/h7H,6,8H2,1-5H3;/q-1;. The zero-order valence-electron chi connectivity index (χ0n) is 9.66. The Morgan fingerprint density at radius 1 is 1.36 bits per heavy atom. The molecule has 0 amide bonds. The van der Waals surface area contributed by atoms with Crippen molar-refractivity contribution in [2.75, 3.05) is 20.6 Å². The number of hydrogen-bond donors (Lipinski definition) is 0. The number of hydrogen-bond acceptors (Lipinski definition) is 3. The maximum atomic E-state index is 11.1. The minimum absolute atomic E-state index is 0. The summed E-state index contributed by atoms with van der Waals surface area (Å²) in [5.41, 5.74) is -0.383. The molecule has 84 valence electrons. The number of rotatable bonds is 4. The van der Waals surface area contributed by atoms with E-state index in [1.165, 1.54) is 0 Å². The molecule has 0 bridgehead atoms. The summed E-state index contributed by atoms with van der Waals surface area (Å²) in [6.45, 7) is 6.47. The zero-order chi connectivity index (χ0) is 10.5. The van der Waals surface area contributed by atoms with Crippen LogP contribution < -0.4 is 0 Å². The second-order valence-corrected chi connectivity index (χ2v) is 4.33. The molecule has 0 rings (SSSR count). The van der Waals surface area contributed by atoms with Crippen LogP contribution in [-0.4, -0.2) is 37.1 Å². The van der Waals surface area contributed by atoms with Crippen LogP contribution in [0.5, 0.6) is 0 Å². The molecule has 4 heteroatoms. The fourth-order valence-electron chi connectivity index (χ4n) is 0.784. The Bertz CT molecular complexity index is 164. The van der Waals surface area contributed by atoms with Crippen LogP contribution in [-0.2, 0) is 30.6 Å². The summed E-state index contributed by atoms with van der Waals surface area (Å²) < 4.78 is 5.11. The summed E-state index contributed by atoms with van der Waals surface area (Å²) >= 11 is 0. The van der Waals surface area contributed by atoms with Crippen molar-refractivity contribution >= 4 is 5.97 Å². The summed E-state index contributed by atoms with van der Waals surface area (Å²) in [5.74, 6) is -0.227. The van der Waals surface area contributed by atoms with E-state index in [2.05, 4.69) is 0 Å². The van der Waals surface area contributed by atoms with E-state index in [4.69, 9.17) is 4.74 Å². The fourth-order valence-corrected chi connectivity index (χ4v) is 0.784. The maximum Gasteiger partial charge on any atom is 0.167 e. The van der Waals surface area contributed by atoms with E-state index in [0.717, 1.165) is 13.0 Å². The topological polar surface area (TPSA) is 29.5 Å². The molecule has 0 aromatic rings. The van der Waals surface area contributed by atoms with Crippen molar-refractivity contribution in [1.82, 2.24) is 4.90 Å². The molecular formula is C10H20NO2W-. The predicted octanol–water partition coefficient (Wildman–Crippen LogP) is 1.48. The molecule has 0 saturated carbocycles. The molecule has 0 aromatic heterocycles. The van der Waals surface area contributed by atoms with Crippen molar-refractivity contribution in [1.29, 1.82) is 0 Å². The fraction of sp³-hybridized carbons (Fsp3) is 0.800. The van der Waals surface area contributed by atoms with Gasteiger partial charge in [-0.25, -0.2) is 0 Å². The van der Waals surface area contributed by atoms with Gasteiger partial charge in [0.05, 0.1) is 0 Å². The van der Waals surface area contributed by atoms with Crippen LogP contribution in [0.15, 0.2) is 0 Å². The van der Waals surface area contributed by atoms with Crippen LogP contribution in [0.3, 0.4) is 0 Å². The van der Waals surface area contributed by atoms with Crippen molar-refractivity contribution in [3.63, 3.8) is 0 Å². The molecule has 0 spiro atoms.